The van der Waals surface area contributed by atoms with E-state index in [4.69, 9.17) is 4.74 Å². The van der Waals surface area contributed by atoms with E-state index in [1.165, 1.54) is 62.8 Å². The van der Waals surface area contributed by atoms with E-state index >= 15 is 0 Å². The van der Waals surface area contributed by atoms with E-state index in [-0.39, 0.29) is 17.7 Å². The van der Waals surface area contributed by atoms with Crippen molar-refractivity contribution in [2.45, 2.75) is 70.6 Å². The Morgan fingerprint density at radius 2 is 1.59 bits per heavy atom. The van der Waals surface area contributed by atoms with E-state index in [0.717, 1.165) is 49.9 Å². The fourth-order valence-corrected chi connectivity index (χ4v) is 5.03. The normalized spacial score (nSPS) is 28.5. The van der Waals surface area contributed by atoms with Crippen molar-refractivity contribution < 1.29 is 13.9 Å². The molecule has 3 heteroatoms. The number of benzene rings is 1. The Hall–Kier alpha value is -1.64. The molecule has 0 saturated heterocycles. The topological polar surface area (TPSA) is 26.3 Å². The van der Waals surface area contributed by atoms with Gasteiger partial charge in [-0.3, -0.25) is 4.79 Å². The number of rotatable bonds is 7. The lowest BCUT2D eigenvalue weighted by molar-refractivity contribution is -0.140. The van der Waals surface area contributed by atoms with E-state index in [0.29, 0.717) is 5.75 Å². The standard InChI is InChI=1S/C24H33FO2/c1-2-3-4-5-18-6-8-19(9-7-18)20-10-12-21(13-11-20)24(26)27-23-16-14-22(25)15-17-23/h2,14-21H,1,3-13H2/t18-,19-,20?,21?. The lowest BCUT2D eigenvalue weighted by Crippen LogP contribution is -2.30. The highest BCUT2D eigenvalue weighted by Gasteiger charge is 2.33. The number of carbonyl (C=O) groups excluding carboxylic acids is 1. The number of hydrogen-bond donors (Lipinski definition) is 0. The van der Waals surface area contributed by atoms with Crippen molar-refractivity contribution in [2.24, 2.45) is 23.7 Å². The number of allylic oxidation sites excluding steroid dienone is 1. The van der Waals surface area contributed by atoms with Crippen LogP contribution in [0.15, 0.2) is 36.9 Å². The summed E-state index contributed by atoms with van der Waals surface area (Å²) in [6.07, 6.45) is 15.5. The molecule has 0 spiro atoms. The maximum atomic E-state index is 13.0. The summed E-state index contributed by atoms with van der Waals surface area (Å²) >= 11 is 0. The number of halogens is 1. The number of hydrogen-bond acceptors (Lipinski definition) is 2. The third kappa shape index (κ3) is 5.92. The van der Waals surface area contributed by atoms with Gasteiger partial charge in [0, 0.05) is 0 Å². The van der Waals surface area contributed by atoms with Crippen LogP contribution >= 0.6 is 0 Å². The zero-order valence-corrected chi connectivity index (χ0v) is 16.4. The Labute approximate surface area is 163 Å². The molecule has 27 heavy (non-hydrogen) atoms. The van der Waals surface area contributed by atoms with Gasteiger partial charge in [-0.05, 0) is 93.4 Å². The molecule has 148 valence electrons. The summed E-state index contributed by atoms with van der Waals surface area (Å²) in [5, 5.41) is 0. The average molecular weight is 373 g/mol. The van der Waals surface area contributed by atoms with Crippen LogP contribution in [0.2, 0.25) is 0 Å². The van der Waals surface area contributed by atoms with Crippen LogP contribution in [0, 0.1) is 29.5 Å². The SMILES string of the molecule is C=CCCC[C@H]1CC[C@H](C2CCC(C(=O)Oc3ccc(F)cc3)CC2)CC1. The van der Waals surface area contributed by atoms with Crippen molar-refractivity contribution in [3.8, 4) is 5.75 Å². The van der Waals surface area contributed by atoms with Gasteiger partial charge in [0.25, 0.3) is 0 Å². The fourth-order valence-electron chi connectivity index (χ4n) is 5.03. The van der Waals surface area contributed by atoms with E-state index < -0.39 is 0 Å². The van der Waals surface area contributed by atoms with Crippen molar-refractivity contribution >= 4 is 5.97 Å². The first kappa shape index (κ1) is 20.1. The second-order valence-corrected chi connectivity index (χ2v) is 8.49. The first-order chi connectivity index (χ1) is 13.2. The van der Waals surface area contributed by atoms with E-state index in [1.54, 1.807) is 0 Å². The Kier molecular flexibility index (Phi) is 7.49. The zero-order valence-electron chi connectivity index (χ0n) is 16.4. The lowest BCUT2D eigenvalue weighted by Gasteiger charge is -2.37. The van der Waals surface area contributed by atoms with Crippen LogP contribution in [-0.4, -0.2) is 5.97 Å². The van der Waals surface area contributed by atoms with Crippen molar-refractivity contribution in [3.63, 3.8) is 0 Å². The van der Waals surface area contributed by atoms with Gasteiger partial charge in [0.2, 0.25) is 0 Å². The largest absolute Gasteiger partial charge is 0.426 e. The monoisotopic (exact) mass is 372 g/mol. The van der Waals surface area contributed by atoms with Gasteiger partial charge in [-0.2, -0.15) is 0 Å². The minimum absolute atomic E-state index is 0.00143. The van der Waals surface area contributed by atoms with E-state index in [9.17, 15) is 9.18 Å². The number of ether oxygens (including phenoxy) is 1. The predicted molar refractivity (Wildman–Crippen MR) is 107 cm³/mol. The first-order valence-electron chi connectivity index (χ1n) is 10.7. The minimum Gasteiger partial charge on any atom is -0.426 e. The molecule has 0 bridgehead atoms. The second-order valence-electron chi connectivity index (χ2n) is 8.49. The Bertz CT molecular complexity index is 593. The minimum atomic E-state index is -0.314. The Morgan fingerprint density at radius 1 is 1.00 bits per heavy atom. The molecule has 1 aromatic carbocycles. The second kappa shape index (κ2) is 10.1. The zero-order chi connectivity index (χ0) is 19.1. The molecule has 0 heterocycles. The first-order valence-corrected chi connectivity index (χ1v) is 10.7. The van der Waals surface area contributed by atoms with Crippen molar-refractivity contribution in [1.82, 2.24) is 0 Å². The van der Waals surface area contributed by atoms with Crippen molar-refractivity contribution in [2.75, 3.05) is 0 Å². The maximum Gasteiger partial charge on any atom is 0.314 e. The third-order valence-electron chi connectivity index (χ3n) is 6.72. The molecule has 2 fully saturated rings. The number of carbonyl (C=O) groups is 1. The van der Waals surface area contributed by atoms with Crippen molar-refractivity contribution in [1.29, 1.82) is 0 Å². The molecule has 0 aliphatic heterocycles. The number of unbranched alkanes of at least 4 members (excludes halogenated alkanes) is 1. The van der Waals surface area contributed by atoms with Gasteiger partial charge < -0.3 is 4.74 Å². The quantitative estimate of drug-likeness (QED) is 0.230. The lowest BCUT2D eigenvalue weighted by atomic mass is 9.68. The van der Waals surface area contributed by atoms with Crippen LogP contribution in [-0.2, 0) is 4.79 Å². The molecule has 1 aromatic rings. The molecule has 0 atom stereocenters. The van der Waals surface area contributed by atoms with Crippen molar-refractivity contribution in [3.05, 3.63) is 42.7 Å². The van der Waals surface area contributed by atoms with Gasteiger partial charge in [0.15, 0.2) is 0 Å². The Balaban J connectivity index is 1.38. The fraction of sp³-hybridized carbons (Fsp3) is 0.625. The van der Waals surface area contributed by atoms with E-state index in [1.807, 2.05) is 6.08 Å². The van der Waals surface area contributed by atoms with E-state index in [2.05, 4.69) is 6.58 Å². The molecule has 2 aliphatic carbocycles. The number of esters is 1. The molecule has 3 rings (SSSR count). The summed E-state index contributed by atoms with van der Waals surface area (Å²) in [4.78, 5) is 12.4. The smallest absolute Gasteiger partial charge is 0.314 e. The molecule has 0 amide bonds. The average Bonchev–Trinajstić information content (AvgIpc) is 2.70. The summed E-state index contributed by atoms with van der Waals surface area (Å²) in [6, 6.07) is 5.69. The summed E-state index contributed by atoms with van der Waals surface area (Å²) in [5.74, 6) is 2.54. The van der Waals surface area contributed by atoms with Crippen LogP contribution < -0.4 is 4.74 Å². The van der Waals surface area contributed by atoms with Crippen LogP contribution in [0.5, 0.6) is 5.75 Å². The van der Waals surface area contributed by atoms with Gasteiger partial charge in [-0.25, -0.2) is 4.39 Å². The van der Waals surface area contributed by atoms with Gasteiger partial charge >= 0.3 is 5.97 Å². The van der Waals surface area contributed by atoms with Crippen LogP contribution in [0.1, 0.15) is 70.6 Å². The maximum absolute atomic E-state index is 13.0. The summed E-state index contributed by atoms with van der Waals surface area (Å²) in [7, 11) is 0. The highest BCUT2D eigenvalue weighted by Crippen LogP contribution is 2.42. The molecule has 0 unspecified atom stereocenters. The molecule has 0 N–H and O–H groups in total. The van der Waals surface area contributed by atoms with Crippen LogP contribution in [0.25, 0.3) is 0 Å². The molecule has 2 aliphatic rings. The summed E-state index contributed by atoms with van der Waals surface area (Å²) in [5.41, 5.74) is 0. The predicted octanol–water partition coefficient (Wildman–Crippen LogP) is 6.70. The molecule has 0 aromatic heterocycles. The van der Waals surface area contributed by atoms with Gasteiger partial charge in [0.05, 0.1) is 5.92 Å². The molecular weight excluding hydrogens is 339 g/mol. The van der Waals surface area contributed by atoms with Gasteiger partial charge in [-0.15, -0.1) is 6.58 Å². The molecule has 2 nitrogen and oxygen atoms in total. The summed E-state index contributed by atoms with van der Waals surface area (Å²) in [6.45, 7) is 3.81. The van der Waals surface area contributed by atoms with Crippen LogP contribution in [0.3, 0.4) is 0 Å². The highest BCUT2D eigenvalue weighted by molar-refractivity contribution is 5.75. The molecular formula is C24H33FO2. The third-order valence-corrected chi connectivity index (χ3v) is 6.72. The highest BCUT2D eigenvalue weighted by atomic mass is 19.1. The van der Waals surface area contributed by atoms with Gasteiger partial charge in [-0.1, -0.05) is 25.3 Å². The summed E-state index contributed by atoms with van der Waals surface area (Å²) < 4.78 is 18.4. The van der Waals surface area contributed by atoms with Gasteiger partial charge in [0.1, 0.15) is 11.6 Å². The molecule has 0 radical (unpaired) electrons. The Morgan fingerprint density at radius 3 is 2.19 bits per heavy atom. The molecule has 2 saturated carbocycles. The van der Waals surface area contributed by atoms with Crippen LogP contribution in [0.4, 0.5) is 4.39 Å².